The zero-order valence-electron chi connectivity index (χ0n) is 4.80. The maximum Gasteiger partial charge on any atom is 0.0597 e. The summed E-state index contributed by atoms with van der Waals surface area (Å²) >= 11 is 0. The highest BCUT2D eigenvalue weighted by molar-refractivity contribution is 5.95. The molecule has 1 aliphatic rings. The molecule has 0 aromatic heterocycles. The summed E-state index contributed by atoms with van der Waals surface area (Å²) in [7, 11) is 0. The normalized spacial score (nSPS) is 24.2. The first-order chi connectivity index (χ1) is 3.93. The van der Waals surface area contributed by atoms with Crippen LogP contribution in [0.25, 0.3) is 0 Å². The maximum atomic E-state index is 5.04. The van der Waals surface area contributed by atoms with Crippen molar-refractivity contribution in [2.75, 3.05) is 0 Å². The lowest BCUT2D eigenvalue weighted by molar-refractivity contribution is 0.874. The van der Waals surface area contributed by atoms with Gasteiger partial charge in [0, 0.05) is 0 Å². The van der Waals surface area contributed by atoms with Gasteiger partial charge in [-0.1, -0.05) is 6.08 Å². The van der Waals surface area contributed by atoms with Crippen LogP contribution in [-0.2, 0) is 0 Å². The Balaban J connectivity index is 2.56. The number of nitrogens with two attached hydrogens (primary N) is 1. The molecular formula is C6H10N2. The number of hydrazone groups is 1. The first-order valence-corrected chi connectivity index (χ1v) is 2.87. The van der Waals surface area contributed by atoms with Gasteiger partial charge in [0.2, 0.25) is 0 Å². The Hall–Kier alpha value is -0.790. The van der Waals surface area contributed by atoms with Gasteiger partial charge in [-0.2, -0.15) is 5.10 Å². The van der Waals surface area contributed by atoms with Crippen LogP contribution in [0, 0.1) is 0 Å². The van der Waals surface area contributed by atoms with Crippen molar-refractivity contribution >= 4 is 5.71 Å². The molecule has 0 heterocycles. The van der Waals surface area contributed by atoms with Crippen LogP contribution in [0.2, 0.25) is 0 Å². The largest absolute Gasteiger partial charge is 0.323 e. The van der Waals surface area contributed by atoms with Crippen molar-refractivity contribution in [1.29, 1.82) is 0 Å². The first kappa shape index (κ1) is 5.35. The molecule has 0 atom stereocenters. The first-order valence-electron chi connectivity index (χ1n) is 2.87. The lowest BCUT2D eigenvalue weighted by Gasteiger charge is -2.02. The van der Waals surface area contributed by atoms with E-state index in [1.807, 2.05) is 6.08 Å². The second-order valence-corrected chi connectivity index (χ2v) is 1.92. The van der Waals surface area contributed by atoms with Gasteiger partial charge in [-0.15, -0.1) is 0 Å². The molecule has 8 heavy (non-hydrogen) atoms. The lowest BCUT2D eigenvalue weighted by atomic mass is 10.1. The van der Waals surface area contributed by atoms with Crippen LogP contribution in [0.3, 0.4) is 0 Å². The monoisotopic (exact) mass is 110 g/mol. The molecule has 0 amide bonds. The van der Waals surface area contributed by atoms with Crippen LogP contribution in [0.15, 0.2) is 17.3 Å². The molecule has 0 aromatic rings. The fourth-order valence-corrected chi connectivity index (χ4v) is 0.811. The molecule has 1 rings (SSSR count). The molecule has 0 fully saturated rings. The van der Waals surface area contributed by atoms with Gasteiger partial charge in [-0.05, 0) is 25.3 Å². The summed E-state index contributed by atoms with van der Waals surface area (Å²) in [5.74, 6) is 5.04. The zero-order chi connectivity index (χ0) is 5.82. The minimum Gasteiger partial charge on any atom is -0.323 e. The summed E-state index contributed by atoms with van der Waals surface area (Å²) in [5.41, 5.74) is 1.02. The predicted octanol–water partition coefficient (Wildman–Crippen LogP) is 1.04. The zero-order valence-corrected chi connectivity index (χ0v) is 4.80. The topological polar surface area (TPSA) is 38.4 Å². The Morgan fingerprint density at radius 1 is 1.62 bits per heavy atom. The van der Waals surface area contributed by atoms with Gasteiger partial charge in [0.25, 0.3) is 0 Å². The average molecular weight is 110 g/mol. The second kappa shape index (κ2) is 2.50. The number of hydrogen-bond acceptors (Lipinski definition) is 2. The van der Waals surface area contributed by atoms with Crippen molar-refractivity contribution in [1.82, 2.24) is 0 Å². The van der Waals surface area contributed by atoms with E-state index in [9.17, 15) is 0 Å². The van der Waals surface area contributed by atoms with Crippen LogP contribution in [0.4, 0.5) is 0 Å². The van der Waals surface area contributed by atoms with E-state index in [4.69, 9.17) is 5.84 Å². The maximum absolute atomic E-state index is 5.04. The number of rotatable bonds is 0. The number of hydrogen-bond donors (Lipinski definition) is 1. The van der Waals surface area contributed by atoms with E-state index in [-0.39, 0.29) is 0 Å². The Morgan fingerprint density at radius 3 is 2.88 bits per heavy atom. The van der Waals surface area contributed by atoms with Crippen LogP contribution in [0.5, 0.6) is 0 Å². The van der Waals surface area contributed by atoms with Crippen molar-refractivity contribution in [2.45, 2.75) is 19.3 Å². The van der Waals surface area contributed by atoms with E-state index in [0.717, 1.165) is 12.1 Å². The molecule has 2 N–H and O–H groups in total. The molecule has 44 valence electrons. The molecule has 0 aromatic carbocycles. The smallest absolute Gasteiger partial charge is 0.0597 e. The van der Waals surface area contributed by atoms with E-state index in [2.05, 4.69) is 11.2 Å². The summed E-state index contributed by atoms with van der Waals surface area (Å²) in [4.78, 5) is 0. The van der Waals surface area contributed by atoms with Crippen molar-refractivity contribution in [3.8, 4) is 0 Å². The quantitative estimate of drug-likeness (QED) is 0.367. The number of nitrogens with zero attached hydrogens (tertiary/aromatic N) is 1. The molecule has 2 heteroatoms. The van der Waals surface area contributed by atoms with Gasteiger partial charge in [-0.25, -0.2) is 0 Å². The molecule has 0 radical (unpaired) electrons. The van der Waals surface area contributed by atoms with E-state index in [0.29, 0.717) is 0 Å². The Morgan fingerprint density at radius 2 is 2.50 bits per heavy atom. The van der Waals surface area contributed by atoms with Crippen LogP contribution in [-0.4, -0.2) is 5.71 Å². The number of allylic oxidation sites excluding steroid dienone is 2. The highest BCUT2D eigenvalue weighted by Gasteiger charge is 1.97. The molecule has 0 bridgehead atoms. The van der Waals surface area contributed by atoms with Gasteiger partial charge >= 0.3 is 0 Å². The van der Waals surface area contributed by atoms with Crippen molar-refractivity contribution in [3.63, 3.8) is 0 Å². The molecule has 1 aliphatic carbocycles. The SMILES string of the molecule is N/N=C1/C=CCCC1. The van der Waals surface area contributed by atoms with Crippen LogP contribution >= 0.6 is 0 Å². The molecule has 0 saturated heterocycles. The highest BCUT2D eigenvalue weighted by atomic mass is 15.1. The van der Waals surface area contributed by atoms with Gasteiger partial charge in [0.1, 0.15) is 0 Å². The molecule has 0 spiro atoms. The fraction of sp³-hybridized carbons (Fsp3) is 0.500. The van der Waals surface area contributed by atoms with E-state index < -0.39 is 0 Å². The summed E-state index contributed by atoms with van der Waals surface area (Å²) in [6.45, 7) is 0. The second-order valence-electron chi connectivity index (χ2n) is 1.92. The molecular weight excluding hydrogens is 100 g/mol. The minimum atomic E-state index is 1.02. The molecule has 0 saturated carbocycles. The molecule has 0 unspecified atom stereocenters. The van der Waals surface area contributed by atoms with E-state index in [1.54, 1.807) is 0 Å². The summed E-state index contributed by atoms with van der Waals surface area (Å²) in [6.07, 6.45) is 7.53. The molecule has 0 aliphatic heterocycles. The fourth-order valence-electron chi connectivity index (χ4n) is 0.811. The lowest BCUT2D eigenvalue weighted by Crippen LogP contribution is -2.01. The Labute approximate surface area is 49.1 Å². The van der Waals surface area contributed by atoms with Gasteiger partial charge < -0.3 is 5.84 Å². The minimum absolute atomic E-state index is 1.02. The average Bonchev–Trinajstić information content (AvgIpc) is 1.90. The summed E-state index contributed by atoms with van der Waals surface area (Å²) < 4.78 is 0. The highest BCUT2D eigenvalue weighted by Crippen LogP contribution is 2.05. The Kier molecular flexibility index (Phi) is 1.67. The molecule has 2 nitrogen and oxygen atoms in total. The van der Waals surface area contributed by atoms with Crippen LogP contribution in [0.1, 0.15) is 19.3 Å². The third-order valence-corrected chi connectivity index (χ3v) is 1.28. The van der Waals surface area contributed by atoms with Crippen molar-refractivity contribution < 1.29 is 0 Å². The van der Waals surface area contributed by atoms with Crippen molar-refractivity contribution in [3.05, 3.63) is 12.2 Å². The van der Waals surface area contributed by atoms with E-state index >= 15 is 0 Å². The summed E-state index contributed by atoms with van der Waals surface area (Å²) in [5, 5.41) is 3.58. The third kappa shape index (κ3) is 1.09. The van der Waals surface area contributed by atoms with Gasteiger partial charge in [0.15, 0.2) is 0 Å². The van der Waals surface area contributed by atoms with E-state index in [1.165, 1.54) is 12.8 Å². The van der Waals surface area contributed by atoms with Crippen LogP contribution < -0.4 is 5.84 Å². The third-order valence-electron chi connectivity index (χ3n) is 1.28. The van der Waals surface area contributed by atoms with Gasteiger partial charge in [-0.3, -0.25) is 0 Å². The standard InChI is InChI=1S/C6H10N2/c7-8-6-4-2-1-3-5-6/h2,4H,1,3,5,7H2/b8-6-. The predicted molar refractivity (Wildman–Crippen MR) is 34.6 cm³/mol. The van der Waals surface area contributed by atoms with Crippen molar-refractivity contribution in [2.24, 2.45) is 10.9 Å². The Bertz CT molecular complexity index is 124. The van der Waals surface area contributed by atoms with Gasteiger partial charge in [0.05, 0.1) is 5.71 Å². The summed E-state index contributed by atoms with van der Waals surface area (Å²) in [6, 6.07) is 0.